The molecule has 0 atom stereocenters. The predicted molar refractivity (Wildman–Crippen MR) is 52.9 cm³/mol. The zero-order chi connectivity index (χ0) is 11.1. The third kappa shape index (κ3) is 4.39. The Kier molecular flexibility index (Phi) is 5.27. The summed E-state index contributed by atoms with van der Waals surface area (Å²) >= 11 is 0. The molecule has 0 saturated carbocycles. The van der Waals surface area contributed by atoms with Crippen molar-refractivity contribution in [3.05, 3.63) is 30.1 Å². The summed E-state index contributed by atoms with van der Waals surface area (Å²) in [5.74, 6) is -0.438. The molecule has 1 aromatic rings. The number of methoxy groups -OCH3 is 1. The van der Waals surface area contributed by atoms with E-state index >= 15 is 0 Å². The summed E-state index contributed by atoms with van der Waals surface area (Å²) in [7, 11) is 0.226. The predicted octanol–water partition coefficient (Wildman–Crippen LogP) is 0.108. The minimum Gasteiger partial charge on any atom is -0.422 e. The average Bonchev–Trinajstić information content (AvgIpc) is 2.24. The maximum Gasteiger partial charge on any atom is 0.523 e. The fourth-order valence-corrected chi connectivity index (χ4v) is 0.946. The van der Waals surface area contributed by atoms with Gasteiger partial charge in [0.1, 0.15) is 12.4 Å². The molecular weight excluding hydrogens is 202 g/mol. The SMILES string of the molecule is COCCOOB(O)c1cccc(F)c1. The van der Waals surface area contributed by atoms with Crippen molar-refractivity contribution in [1.82, 2.24) is 0 Å². The Morgan fingerprint density at radius 2 is 2.20 bits per heavy atom. The molecule has 0 aromatic heterocycles. The highest BCUT2D eigenvalue weighted by Gasteiger charge is 2.18. The Balaban J connectivity index is 2.36. The third-order valence-electron chi connectivity index (χ3n) is 1.66. The van der Waals surface area contributed by atoms with E-state index in [1.54, 1.807) is 0 Å². The van der Waals surface area contributed by atoms with Crippen LogP contribution in [0.3, 0.4) is 0 Å². The van der Waals surface area contributed by atoms with E-state index < -0.39 is 12.9 Å². The van der Waals surface area contributed by atoms with E-state index in [0.29, 0.717) is 12.1 Å². The summed E-state index contributed by atoms with van der Waals surface area (Å²) in [6, 6.07) is 5.46. The van der Waals surface area contributed by atoms with Gasteiger partial charge in [0, 0.05) is 7.11 Å². The summed E-state index contributed by atoms with van der Waals surface area (Å²) in [5, 5.41) is 9.39. The Morgan fingerprint density at radius 1 is 1.40 bits per heavy atom. The molecule has 0 bridgehead atoms. The molecular formula is C9H12BFO4. The first-order chi connectivity index (χ1) is 7.24. The second-order valence-corrected chi connectivity index (χ2v) is 2.82. The van der Waals surface area contributed by atoms with Crippen LogP contribution in [0.15, 0.2) is 24.3 Å². The lowest BCUT2D eigenvalue weighted by atomic mass is 9.80. The van der Waals surface area contributed by atoms with Crippen molar-refractivity contribution in [2.75, 3.05) is 20.3 Å². The number of benzene rings is 1. The van der Waals surface area contributed by atoms with Gasteiger partial charge >= 0.3 is 7.12 Å². The van der Waals surface area contributed by atoms with Gasteiger partial charge in [-0.15, -0.1) is 0 Å². The Morgan fingerprint density at radius 3 is 2.87 bits per heavy atom. The zero-order valence-corrected chi connectivity index (χ0v) is 8.35. The summed E-state index contributed by atoms with van der Waals surface area (Å²) in [5.41, 5.74) is 0.299. The summed E-state index contributed by atoms with van der Waals surface area (Å²) in [6.07, 6.45) is 0. The molecule has 0 spiro atoms. The van der Waals surface area contributed by atoms with Crippen molar-refractivity contribution in [2.45, 2.75) is 0 Å². The molecule has 0 fully saturated rings. The fourth-order valence-electron chi connectivity index (χ4n) is 0.946. The highest BCUT2D eigenvalue weighted by Crippen LogP contribution is 1.95. The summed E-state index contributed by atoms with van der Waals surface area (Å²) in [4.78, 5) is 9.23. The molecule has 1 aromatic carbocycles. The van der Waals surface area contributed by atoms with Gasteiger partial charge in [-0.25, -0.2) is 9.28 Å². The summed E-state index contributed by atoms with van der Waals surface area (Å²) < 4.78 is 17.4. The molecule has 82 valence electrons. The smallest absolute Gasteiger partial charge is 0.422 e. The van der Waals surface area contributed by atoms with Gasteiger partial charge in [-0.05, 0) is 17.6 Å². The van der Waals surface area contributed by atoms with Crippen LogP contribution in [0.5, 0.6) is 0 Å². The number of ether oxygens (including phenoxy) is 1. The third-order valence-corrected chi connectivity index (χ3v) is 1.66. The zero-order valence-electron chi connectivity index (χ0n) is 8.35. The molecule has 0 amide bonds. The largest absolute Gasteiger partial charge is 0.523 e. The molecule has 6 heteroatoms. The minimum absolute atomic E-state index is 0.197. The van der Waals surface area contributed by atoms with Crippen molar-refractivity contribution >= 4 is 12.6 Å². The lowest BCUT2D eigenvalue weighted by Crippen LogP contribution is -2.34. The molecule has 0 radical (unpaired) electrons. The number of hydrogen-bond donors (Lipinski definition) is 1. The van der Waals surface area contributed by atoms with Crippen molar-refractivity contribution < 1.29 is 23.8 Å². The first kappa shape index (κ1) is 12.1. The monoisotopic (exact) mass is 214 g/mol. The molecule has 0 unspecified atom stereocenters. The average molecular weight is 214 g/mol. The van der Waals surface area contributed by atoms with E-state index in [9.17, 15) is 9.41 Å². The van der Waals surface area contributed by atoms with Gasteiger partial charge in [0.05, 0.1) is 6.61 Å². The highest BCUT2D eigenvalue weighted by molar-refractivity contribution is 6.59. The van der Waals surface area contributed by atoms with Gasteiger partial charge < -0.3 is 9.76 Å². The van der Waals surface area contributed by atoms with Crippen molar-refractivity contribution in [2.24, 2.45) is 0 Å². The Hall–Kier alpha value is -0.945. The quantitative estimate of drug-likeness (QED) is 0.316. The molecule has 0 aliphatic heterocycles. The molecule has 1 rings (SSSR count). The van der Waals surface area contributed by atoms with Gasteiger partial charge in [-0.1, -0.05) is 12.1 Å². The van der Waals surface area contributed by atoms with Crippen LogP contribution in [-0.4, -0.2) is 32.5 Å². The fraction of sp³-hybridized carbons (Fsp3) is 0.333. The standard InChI is InChI=1S/C9H12BFO4/c1-13-5-6-14-15-10(12)8-3-2-4-9(11)7-8/h2-4,7,12H,5-6H2,1H3. The van der Waals surface area contributed by atoms with Gasteiger partial charge in [0.15, 0.2) is 0 Å². The maximum atomic E-state index is 12.7. The van der Waals surface area contributed by atoms with Crippen LogP contribution < -0.4 is 5.46 Å². The van der Waals surface area contributed by atoms with Crippen LogP contribution in [0.1, 0.15) is 0 Å². The molecule has 0 saturated heterocycles. The Labute approximate surface area is 87.6 Å². The van der Waals surface area contributed by atoms with E-state index in [0.717, 1.165) is 0 Å². The van der Waals surface area contributed by atoms with Gasteiger partial charge in [-0.2, -0.15) is 0 Å². The maximum absolute atomic E-state index is 12.7. The van der Waals surface area contributed by atoms with Gasteiger partial charge in [-0.3, -0.25) is 4.81 Å². The van der Waals surface area contributed by atoms with Crippen LogP contribution in [0.4, 0.5) is 4.39 Å². The normalized spacial score (nSPS) is 10.3. The number of halogens is 1. The van der Waals surface area contributed by atoms with Crippen LogP contribution in [-0.2, 0) is 14.4 Å². The topological polar surface area (TPSA) is 47.9 Å². The molecule has 0 aliphatic carbocycles. The Bertz CT molecular complexity index is 297. The van der Waals surface area contributed by atoms with E-state index in [4.69, 9.17) is 4.74 Å². The van der Waals surface area contributed by atoms with E-state index in [-0.39, 0.29) is 6.61 Å². The molecule has 4 nitrogen and oxygen atoms in total. The van der Waals surface area contributed by atoms with E-state index in [2.05, 4.69) is 9.69 Å². The van der Waals surface area contributed by atoms with Crippen molar-refractivity contribution in [1.29, 1.82) is 0 Å². The highest BCUT2D eigenvalue weighted by atomic mass is 19.1. The van der Waals surface area contributed by atoms with Crippen LogP contribution in [0.2, 0.25) is 0 Å². The van der Waals surface area contributed by atoms with Gasteiger partial charge in [0.2, 0.25) is 0 Å². The lowest BCUT2D eigenvalue weighted by Gasteiger charge is -2.07. The minimum atomic E-state index is -1.29. The first-order valence-electron chi connectivity index (χ1n) is 4.45. The second kappa shape index (κ2) is 6.52. The molecule has 0 heterocycles. The first-order valence-corrected chi connectivity index (χ1v) is 4.45. The van der Waals surface area contributed by atoms with Crippen LogP contribution >= 0.6 is 0 Å². The molecule has 15 heavy (non-hydrogen) atoms. The molecule has 1 N–H and O–H groups in total. The summed E-state index contributed by atoms with van der Waals surface area (Å²) in [6.45, 7) is 0.554. The number of rotatable bonds is 6. The van der Waals surface area contributed by atoms with Crippen LogP contribution in [0.25, 0.3) is 0 Å². The van der Waals surface area contributed by atoms with Crippen LogP contribution in [0, 0.1) is 5.82 Å². The lowest BCUT2D eigenvalue weighted by molar-refractivity contribution is -0.227. The van der Waals surface area contributed by atoms with E-state index in [1.807, 2.05) is 0 Å². The second-order valence-electron chi connectivity index (χ2n) is 2.82. The van der Waals surface area contributed by atoms with E-state index in [1.165, 1.54) is 31.4 Å². The number of hydrogen-bond acceptors (Lipinski definition) is 4. The van der Waals surface area contributed by atoms with Gasteiger partial charge in [0.25, 0.3) is 0 Å². The molecule has 0 aliphatic rings. The van der Waals surface area contributed by atoms with Crippen molar-refractivity contribution in [3.63, 3.8) is 0 Å². The van der Waals surface area contributed by atoms with Crippen molar-refractivity contribution in [3.8, 4) is 0 Å².